The predicted octanol–water partition coefficient (Wildman–Crippen LogP) is 2.57. The van der Waals surface area contributed by atoms with Crippen LogP contribution in [0.4, 0.5) is 13.2 Å². The Morgan fingerprint density at radius 1 is 1.28 bits per heavy atom. The smallest absolute Gasteiger partial charge is 0.353 e. The Kier molecular flexibility index (Phi) is 6.35. The molecule has 1 fully saturated rings. The summed E-state index contributed by atoms with van der Waals surface area (Å²) < 4.78 is 40.2. The molecule has 0 radical (unpaired) electrons. The Hall–Kier alpha value is -1.31. The number of hydrogen-bond acceptors (Lipinski definition) is 3. The number of nitrogens with zero attached hydrogens (tertiary/aromatic N) is 1. The van der Waals surface area contributed by atoms with Gasteiger partial charge in [-0.1, -0.05) is 29.8 Å². The lowest BCUT2D eigenvalue weighted by molar-refractivity contribution is -0.184. The molecule has 0 aliphatic carbocycles. The van der Waals surface area contributed by atoms with Gasteiger partial charge in [0.25, 0.3) is 0 Å². The average Bonchev–Trinajstić information content (AvgIpc) is 2.54. The van der Waals surface area contributed by atoms with Crippen molar-refractivity contribution < 1.29 is 18.0 Å². The van der Waals surface area contributed by atoms with Gasteiger partial charge in [0.1, 0.15) is 6.04 Å². The number of halogens is 4. The van der Waals surface area contributed by atoms with Gasteiger partial charge in [-0.15, -0.1) is 0 Å². The van der Waals surface area contributed by atoms with Crippen LogP contribution in [0.1, 0.15) is 19.4 Å². The Balaban J connectivity index is 2.08. The zero-order valence-electron chi connectivity index (χ0n) is 14.3. The van der Waals surface area contributed by atoms with Crippen molar-refractivity contribution in [1.29, 1.82) is 0 Å². The van der Waals surface area contributed by atoms with Crippen LogP contribution in [0, 0.1) is 0 Å². The monoisotopic (exact) mass is 377 g/mol. The summed E-state index contributed by atoms with van der Waals surface area (Å²) in [6, 6.07) is 5.16. The van der Waals surface area contributed by atoms with Crippen molar-refractivity contribution in [3.05, 3.63) is 34.9 Å². The fraction of sp³-hybridized carbons (Fsp3) is 0.588. The molecule has 1 unspecified atom stereocenters. The van der Waals surface area contributed by atoms with Gasteiger partial charge < -0.3 is 10.6 Å². The minimum absolute atomic E-state index is 0.300. The highest BCUT2D eigenvalue weighted by Crippen LogP contribution is 2.30. The summed E-state index contributed by atoms with van der Waals surface area (Å²) in [6.45, 7) is 4.43. The third-order valence-electron chi connectivity index (χ3n) is 4.54. The van der Waals surface area contributed by atoms with E-state index >= 15 is 0 Å². The molecular formula is C17H23ClF3N3O. The van der Waals surface area contributed by atoms with Gasteiger partial charge in [0.15, 0.2) is 0 Å². The van der Waals surface area contributed by atoms with Crippen LogP contribution in [0.5, 0.6) is 0 Å². The molecule has 1 saturated heterocycles. The third-order valence-corrected chi connectivity index (χ3v) is 4.87. The van der Waals surface area contributed by atoms with Crippen LogP contribution >= 0.6 is 11.6 Å². The number of carbonyl (C=O) groups excluding carboxylic acids is 1. The standard InChI is InChI=1S/C17H23ClF3N3O/c1-16(2,12-5-3-4-6-13(12)18)15(25)23-11-14(17(19,20)21)24-9-7-22-8-10-24/h3-6,14,22H,7-11H2,1-2H3,(H,23,25). The van der Waals surface area contributed by atoms with E-state index < -0.39 is 30.1 Å². The van der Waals surface area contributed by atoms with Gasteiger partial charge in [-0.2, -0.15) is 13.2 Å². The minimum atomic E-state index is -4.40. The molecule has 0 aromatic heterocycles. The van der Waals surface area contributed by atoms with E-state index in [1.54, 1.807) is 38.1 Å². The molecular weight excluding hydrogens is 355 g/mol. The number of alkyl halides is 3. The van der Waals surface area contributed by atoms with Gasteiger partial charge in [0.2, 0.25) is 5.91 Å². The van der Waals surface area contributed by atoms with Crippen LogP contribution in [-0.4, -0.2) is 55.7 Å². The van der Waals surface area contributed by atoms with E-state index in [1.165, 1.54) is 4.90 Å². The highest BCUT2D eigenvalue weighted by molar-refractivity contribution is 6.31. The summed E-state index contributed by atoms with van der Waals surface area (Å²) in [4.78, 5) is 13.9. The van der Waals surface area contributed by atoms with Crippen molar-refractivity contribution in [3.8, 4) is 0 Å². The molecule has 140 valence electrons. The molecule has 0 saturated carbocycles. The number of nitrogens with one attached hydrogen (secondary N) is 2. The van der Waals surface area contributed by atoms with E-state index in [4.69, 9.17) is 11.6 Å². The second-order valence-corrected chi connectivity index (χ2v) is 7.07. The van der Waals surface area contributed by atoms with Gasteiger partial charge in [-0.3, -0.25) is 9.69 Å². The molecule has 0 spiro atoms. The first-order valence-corrected chi connectivity index (χ1v) is 8.56. The highest BCUT2D eigenvalue weighted by Gasteiger charge is 2.44. The summed E-state index contributed by atoms with van der Waals surface area (Å²) in [5, 5.41) is 5.91. The maximum atomic E-state index is 13.4. The quantitative estimate of drug-likeness (QED) is 0.829. The Bertz CT molecular complexity index is 601. The van der Waals surface area contributed by atoms with E-state index in [-0.39, 0.29) is 0 Å². The van der Waals surface area contributed by atoms with Crippen molar-refractivity contribution >= 4 is 17.5 Å². The lowest BCUT2D eigenvalue weighted by Crippen LogP contribution is -2.58. The summed E-state index contributed by atoms with van der Waals surface area (Å²) in [5.41, 5.74) is -0.447. The van der Waals surface area contributed by atoms with Crippen LogP contribution < -0.4 is 10.6 Å². The van der Waals surface area contributed by atoms with Gasteiger partial charge in [0, 0.05) is 37.7 Å². The zero-order valence-corrected chi connectivity index (χ0v) is 15.0. The number of carbonyl (C=O) groups is 1. The van der Waals surface area contributed by atoms with Crippen LogP contribution in [0.3, 0.4) is 0 Å². The second-order valence-electron chi connectivity index (χ2n) is 6.66. The number of rotatable bonds is 5. The zero-order chi connectivity index (χ0) is 18.7. The molecule has 8 heteroatoms. The van der Waals surface area contributed by atoms with Gasteiger partial charge in [-0.05, 0) is 25.5 Å². The van der Waals surface area contributed by atoms with E-state index in [2.05, 4.69) is 10.6 Å². The molecule has 1 amide bonds. The number of piperazine rings is 1. The molecule has 1 aliphatic heterocycles. The summed E-state index contributed by atoms with van der Waals surface area (Å²) in [6.07, 6.45) is -4.40. The lowest BCUT2D eigenvalue weighted by atomic mass is 9.83. The molecule has 1 heterocycles. The first-order valence-electron chi connectivity index (χ1n) is 8.19. The maximum absolute atomic E-state index is 13.4. The van der Waals surface area contributed by atoms with Crippen LogP contribution in [-0.2, 0) is 10.2 Å². The largest absolute Gasteiger partial charge is 0.405 e. The van der Waals surface area contributed by atoms with Crippen molar-refractivity contribution in [3.63, 3.8) is 0 Å². The van der Waals surface area contributed by atoms with Crippen molar-refractivity contribution in [2.24, 2.45) is 0 Å². The number of amides is 1. The molecule has 1 aromatic carbocycles. The third kappa shape index (κ3) is 4.86. The van der Waals surface area contributed by atoms with Crippen molar-refractivity contribution in [2.75, 3.05) is 32.7 Å². The molecule has 2 rings (SSSR count). The molecule has 1 aromatic rings. The topological polar surface area (TPSA) is 44.4 Å². The first kappa shape index (κ1) is 20.0. The van der Waals surface area contributed by atoms with E-state index in [0.29, 0.717) is 36.8 Å². The molecule has 2 N–H and O–H groups in total. The van der Waals surface area contributed by atoms with E-state index in [9.17, 15) is 18.0 Å². The molecule has 25 heavy (non-hydrogen) atoms. The SMILES string of the molecule is CC(C)(C(=O)NCC(N1CCNCC1)C(F)(F)F)c1ccccc1Cl. The Labute approximate surface area is 150 Å². The second kappa shape index (κ2) is 7.93. The molecule has 1 aliphatic rings. The normalized spacial score (nSPS) is 18.0. The van der Waals surface area contributed by atoms with Crippen molar-refractivity contribution in [2.45, 2.75) is 31.5 Å². The van der Waals surface area contributed by atoms with Crippen LogP contribution in [0.25, 0.3) is 0 Å². The molecule has 4 nitrogen and oxygen atoms in total. The van der Waals surface area contributed by atoms with Gasteiger partial charge in [0.05, 0.1) is 5.41 Å². The average molecular weight is 378 g/mol. The van der Waals surface area contributed by atoms with Crippen LogP contribution in [0.15, 0.2) is 24.3 Å². The Morgan fingerprint density at radius 3 is 2.44 bits per heavy atom. The summed E-state index contributed by atoms with van der Waals surface area (Å²) in [5.74, 6) is -0.481. The maximum Gasteiger partial charge on any atom is 0.405 e. The summed E-state index contributed by atoms with van der Waals surface area (Å²) >= 11 is 6.13. The Morgan fingerprint density at radius 2 is 1.88 bits per heavy atom. The van der Waals surface area contributed by atoms with E-state index in [0.717, 1.165) is 0 Å². The molecule has 0 bridgehead atoms. The van der Waals surface area contributed by atoms with Gasteiger partial charge >= 0.3 is 6.18 Å². The fourth-order valence-electron chi connectivity index (χ4n) is 2.95. The lowest BCUT2D eigenvalue weighted by Gasteiger charge is -2.36. The number of benzene rings is 1. The highest BCUT2D eigenvalue weighted by atomic mass is 35.5. The minimum Gasteiger partial charge on any atom is -0.353 e. The first-order chi connectivity index (χ1) is 11.6. The van der Waals surface area contributed by atoms with Crippen LogP contribution in [0.2, 0.25) is 5.02 Å². The van der Waals surface area contributed by atoms with Crippen molar-refractivity contribution in [1.82, 2.24) is 15.5 Å². The predicted molar refractivity (Wildman–Crippen MR) is 91.8 cm³/mol. The van der Waals surface area contributed by atoms with E-state index in [1.807, 2.05) is 0 Å². The molecule has 1 atom stereocenters. The fourth-order valence-corrected chi connectivity index (χ4v) is 3.32. The summed E-state index contributed by atoms with van der Waals surface area (Å²) in [7, 11) is 0. The number of hydrogen-bond donors (Lipinski definition) is 2. The van der Waals surface area contributed by atoms with Gasteiger partial charge in [-0.25, -0.2) is 0 Å².